The van der Waals surface area contributed by atoms with E-state index in [1.807, 2.05) is 30.3 Å². The van der Waals surface area contributed by atoms with E-state index < -0.39 is 0 Å². The van der Waals surface area contributed by atoms with Crippen LogP contribution in [0.15, 0.2) is 58.3 Å². The standard InChI is InChI=1S/C14H14OS/c1-11-4-2-3-5-14(11)16-13-8-6-12(10-15)7-9-13/h2-9,15H,10H2,1H3. The highest BCUT2D eigenvalue weighted by Gasteiger charge is 2.00. The average Bonchev–Trinajstić information content (AvgIpc) is 2.33. The van der Waals surface area contributed by atoms with Gasteiger partial charge in [-0.2, -0.15) is 0 Å². The molecule has 0 bridgehead atoms. The molecule has 2 heteroatoms. The molecule has 0 aliphatic carbocycles. The topological polar surface area (TPSA) is 20.2 Å². The Morgan fingerprint density at radius 1 is 1.00 bits per heavy atom. The number of hydrogen-bond acceptors (Lipinski definition) is 2. The molecule has 0 spiro atoms. The van der Waals surface area contributed by atoms with Gasteiger partial charge in [-0.15, -0.1) is 0 Å². The van der Waals surface area contributed by atoms with Crippen molar-refractivity contribution in [2.75, 3.05) is 0 Å². The number of aliphatic hydroxyl groups is 1. The van der Waals surface area contributed by atoms with Crippen LogP contribution < -0.4 is 0 Å². The molecule has 0 aliphatic rings. The third kappa shape index (κ3) is 2.65. The molecule has 0 amide bonds. The monoisotopic (exact) mass is 230 g/mol. The summed E-state index contributed by atoms with van der Waals surface area (Å²) in [6.45, 7) is 2.22. The molecule has 0 saturated carbocycles. The fraction of sp³-hybridized carbons (Fsp3) is 0.143. The quantitative estimate of drug-likeness (QED) is 0.868. The van der Waals surface area contributed by atoms with Crippen LogP contribution in [0.5, 0.6) is 0 Å². The molecule has 0 unspecified atom stereocenters. The SMILES string of the molecule is Cc1ccccc1Sc1ccc(CO)cc1. The largest absolute Gasteiger partial charge is 0.392 e. The van der Waals surface area contributed by atoms with Gasteiger partial charge in [-0.05, 0) is 36.2 Å². The summed E-state index contributed by atoms with van der Waals surface area (Å²) in [5.74, 6) is 0. The van der Waals surface area contributed by atoms with E-state index in [1.54, 1.807) is 11.8 Å². The summed E-state index contributed by atoms with van der Waals surface area (Å²) in [5.41, 5.74) is 2.24. The van der Waals surface area contributed by atoms with Crippen LogP contribution in [0.2, 0.25) is 0 Å². The maximum atomic E-state index is 8.96. The smallest absolute Gasteiger partial charge is 0.0681 e. The highest BCUT2D eigenvalue weighted by Crippen LogP contribution is 2.29. The van der Waals surface area contributed by atoms with Crippen LogP contribution in [0.4, 0.5) is 0 Å². The van der Waals surface area contributed by atoms with Crippen molar-refractivity contribution in [1.29, 1.82) is 0 Å². The lowest BCUT2D eigenvalue weighted by Gasteiger charge is -2.05. The number of rotatable bonds is 3. The van der Waals surface area contributed by atoms with Gasteiger partial charge < -0.3 is 5.11 Å². The zero-order valence-corrected chi connectivity index (χ0v) is 10.00. The third-order valence-electron chi connectivity index (χ3n) is 2.43. The number of aliphatic hydroxyl groups excluding tert-OH is 1. The second-order valence-electron chi connectivity index (χ2n) is 3.67. The van der Waals surface area contributed by atoms with Crippen molar-refractivity contribution in [3.05, 3.63) is 59.7 Å². The van der Waals surface area contributed by atoms with E-state index in [2.05, 4.69) is 25.1 Å². The molecular weight excluding hydrogens is 216 g/mol. The van der Waals surface area contributed by atoms with Gasteiger partial charge in [0.2, 0.25) is 0 Å². The zero-order valence-electron chi connectivity index (χ0n) is 9.18. The van der Waals surface area contributed by atoms with Crippen molar-refractivity contribution in [2.45, 2.75) is 23.3 Å². The molecule has 0 radical (unpaired) electrons. The van der Waals surface area contributed by atoms with E-state index in [4.69, 9.17) is 5.11 Å². The van der Waals surface area contributed by atoms with Crippen LogP contribution >= 0.6 is 11.8 Å². The molecule has 0 heterocycles. The predicted molar refractivity (Wildman–Crippen MR) is 67.7 cm³/mol. The highest BCUT2D eigenvalue weighted by molar-refractivity contribution is 7.99. The maximum Gasteiger partial charge on any atom is 0.0681 e. The van der Waals surface area contributed by atoms with Crippen molar-refractivity contribution in [2.24, 2.45) is 0 Å². The molecule has 82 valence electrons. The lowest BCUT2D eigenvalue weighted by atomic mass is 10.2. The molecular formula is C14H14OS. The minimum Gasteiger partial charge on any atom is -0.392 e. The first kappa shape index (κ1) is 11.2. The van der Waals surface area contributed by atoms with Crippen LogP contribution in [0.1, 0.15) is 11.1 Å². The molecule has 1 N–H and O–H groups in total. The Morgan fingerprint density at radius 3 is 2.31 bits per heavy atom. The first-order valence-electron chi connectivity index (χ1n) is 5.23. The summed E-state index contributed by atoms with van der Waals surface area (Å²) in [6, 6.07) is 16.3. The first-order valence-corrected chi connectivity index (χ1v) is 6.04. The van der Waals surface area contributed by atoms with Gasteiger partial charge in [-0.3, -0.25) is 0 Å². The molecule has 0 aliphatic heterocycles. The number of aryl methyl sites for hydroxylation is 1. The minimum absolute atomic E-state index is 0.106. The van der Waals surface area contributed by atoms with Gasteiger partial charge >= 0.3 is 0 Å². The van der Waals surface area contributed by atoms with Crippen molar-refractivity contribution in [1.82, 2.24) is 0 Å². The Labute approximate surface area is 100 Å². The van der Waals surface area contributed by atoms with Gasteiger partial charge in [0.15, 0.2) is 0 Å². The number of benzene rings is 2. The summed E-state index contributed by atoms with van der Waals surface area (Å²) in [5, 5.41) is 8.96. The van der Waals surface area contributed by atoms with Crippen molar-refractivity contribution >= 4 is 11.8 Å². The van der Waals surface area contributed by atoms with Crippen molar-refractivity contribution < 1.29 is 5.11 Å². The summed E-state index contributed by atoms with van der Waals surface area (Å²) < 4.78 is 0. The molecule has 1 nitrogen and oxygen atoms in total. The van der Waals surface area contributed by atoms with Gasteiger partial charge in [0.25, 0.3) is 0 Å². The lowest BCUT2D eigenvalue weighted by Crippen LogP contribution is -1.82. The van der Waals surface area contributed by atoms with Crippen LogP contribution in [0, 0.1) is 6.92 Å². The van der Waals surface area contributed by atoms with Gasteiger partial charge in [-0.25, -0.2) is 0 Å². The fourth-order valence-electron chi connectivity index (χ4n) is 1.46. The lowest BCUT2D eigenvalue weighted by molar-refractivity contribution is 0.282. The van der Waals surface area contributed by atoms with E-state index in [0.717, 1.165) is 5.56 Å². The summed E-state index contributed by atoms with van der Waals surface area (Å²) >= 11 is 1.75. The van der Waals surface area contributed by atoms with Crippen LogP contribution in [0.3, 0.4) is 0 Å². The van der Waals surface area contributed by atoms with Crippen LogP contribution in [-0.2, 0) is 6.61 Å². The van der Waals surface area contributed by atoms with E-state index in [1.165, 1.54) is 15.4 Å². The van der Waals surface area contributed by atoms with Gasteiger partial charge in [-0.1, -0.05) is 42.1 Å². The highest BCUT2D eigenvalue weighted by atomic mass is 32.2. The second kappa shape index (κ2) is 5.19. The number of hydrogen-bond donors (Lipinski definition) is 1. The summed E-state index contributed by atoms with van der Waals surface area (Å²) in [4.78, 5) is 2.48. The first-order chi connectivity index (χ1) is 7.79. The summed E-state index contributed by atoms with van der Waals surface area (Å²) in [7, 11) is 0. The van der Waals surface area contributed by atoms with Crippen LogP contribution in [-0.4, -0.2) is 5.11 Å². The summed E-state index contributed by atoms with van der Waals surface area (Å²) in [6.07, 6.45) is 0. The van der Waals surface area contributed by atoms with Crippen LogP contribution in [0.25, 0.3) is 0 Å². The molecule has 0 saturated heterocycles. The normalized spacial score (nSPS) is 10.4. The van der Waals surface area contributed by atoms with Gasteiger partial charge in [0, 0.05) is 9.79 Å². The van der Waals surface area contributed by atoms with E-state index in [9.17, 15) is 0 Å². The second-order valence-corrected chi connectivity index (χ2v) is 4.78. The molecule has 16 heavy (non-hydrogen) atoms. The Hall–Kier alpha value is -1.25. The minimum atomic E-state index is 0.106. The Kier molecular flexibility index (Phi) is 3.65. The maximum absolute atomic E-state index is 8.96. The Morgan fingerprint density at radius 2 is 1.69 bits per heavy atom. The molecule has 0 fully saturated rings. The van der Waals surface area contributed by atoms with E-state index >= 15 is 0 Å². The zero-order chi connectivity index (χ0) is 11.4. The van der Waals surface area contributed by atoms with E-state index in [-0.39, 0.29) is 6.61 Å². The van der Waals surface area contributed by atoms with Gasteiger partial charge in [0.05, 0.1) is 6.61 Å². The Bertz CT molecular complexity index is 462. The average molecular weight is 230 g/mol. The fourth-order valence-corrected chi connectivity index (χ4v) is 2.36. The van der Waals surface area contributed by atoms with Gasteiger partial charge in [0.1, 0.15) is 0 Å². The predicted octanol–water partition coefficient (Wildman–Crippen LogP) is 3.64. The van der Waals surface area contributed by atoms with E-state index in [0.29, 0.717) is 0 Å². The Balaban J connectivity index is 2.18. The molecule has 2 aromatic rings. The van der Waals surface area contributed by atoms with Crippen molar-refractivity contribution in [3.63, 3.8) is 0 Å². The third-order valence-corrected chi connectivity index (χ3v) is 3.61. The molecule has 0 atom stereocenters. The van der Waals surface area contributed by atoms with Crippen molar-refractivity contribution in [3.8, 4) is 0 Å². The molecule has 2 rings (SSSR count). The molecule has 2 aromatic carbocycles. The molecule has 0 aromatic heterocycles.